The van der Waals surface area contributed by atoms with Crippen molar-refractivity contribution < 1.29 is 0 Å². The van der Waals surface area contributed by atoms with E-state index in [1.807, 2.05) is 36.7 Å². The maximum absolute atomic E-state index is 4.60. The first kappa shape index (κ1) is 28.5. The van der Waals surface area contributed by atoms with Gasteiger partial charge >= 0.3 is 6.85 Å². The highest BCUT2D eigenvalue weighted by atomic mass is 15.1. The molecule has 4 heterocycles. The van der Waals surface area contributed by atoms with E-state index in [1.54, 1.807) is 0 Å². The zero-order valence-corrected chi connectivity index (χ0v) is 27.2. The third kappa shape index (κ3) is 4.61. The highest BCUT2D eigenvalue weighted by Crippen LogP contribution is 2.48. The molecule has 0 saturated carbocycles. The summed E-state index contributed by atoms with van der Waals surface area (Å²) >= 11 is 0. The topological polar surface area (TPSA) is 29.0 Å². The van der Waals surface area contributed by atoms with Crippen LogP contribution in [0.25, 0.3) is 67.0 Å². The molecule has 232 valence electrons. The predicted molar refractivity (Wildman–Crippen MR) is 208 cm³/mol. The molecule has 0 saturated heterocycles. The number of pyridine rings is 2. The van der Waals surface area contributed by atoms with E-state index in [0.717, 1.165) is 22.5 Å². The quantitative estimate of drug-likeness (QED) is 0.180. The summed E-state index contributed by atoms with van der Waals surface area (Å²) in [4.78, 5) is 11.8. The monoisotopic (exact) mass is 635 g/mol. The van der Waals surface area contributed by atoms with Crippen LogP contribution in [0.2, 0.25) is 0 Å². The SMILES string of the molecule is c1ccc(-c2cccc(-c3ccc4c(c3)-c3ccccc3B3c5ccccc5-c5cc(-c6cccc(-c7ccccn7)c6)ccc5N34)c2)nc1. The molecule has 6 aromatic carbocycles. The normalized spacial score (nSPS) is 12.3. The second kappa shape index (κ2) is 11.6. The molecule has 0 atom stereocenters. The molecule has 0 radical (unpaired) electrons. The Morgan fingerprint density at radius 2 is 0.780 bits per heavy atom. The molecule has 10 rings (SSSR count). The molecular formula is C46H30BN3. The second-order valence-electron chi connectivity index (χ2n) is 13.0. The van der Waals surface area contributed by atoms with Gasteiger partial charge in [0.05, 0.1) is 11.4 Å². The van der Waals surface area contributed by atoms with E-state index >= 15 is 0 Å². The smallest absolute Gasteiger partial charge is 0.329 e. The molecule has 8 aromatic rings. The van der Waals surface area contributed by atoms with Gasteiger partial charge in [-0.25, -0.2) is 0 Å². The standard InChI is InChI=1S/C46H30BN3/c1-3-17-41-37(15-1)39-29-33(31-11-9-13-35(27-31)43-19-5-7-25-48-43)21-23-45(39)50-46-24-22-34(30-40(46)38-16-2-4-18-42(38)47(41)50)32-12-10-14-36(28-32)44-20-6-8-26-49-44/h1-30H. The largest absolute Gasteiger partial charge is 0.376 e. The predicted octanol–water partition coefficient (Wildman–Crippen LogP) is 10.0. The molecule has 2 aromatic heterocycles. The van der Waals surface area contributed by atoms with Crippen LogP contribution in [0, 0.1) is 0 Å². The van der Waals surface area contributed by atoms with Crippen LogP contribution in [0.4, 0.5) is 11.4 Å². The maximum Gasteiger partial charge on any atom is 0.329 e. The third-order valence-electron chi connectivity index (χ3n) is 10.2. The minimum absolute atomic E-state index is 0.0686. The summed E-state index contributed by atoms with van der Waals surface area (Å²) in [5.74, 6) is 0. The molecule has 0 amide bonds. The zero-order valence-electron chi connectivity index (χ0n) is 27.2. The third-order valence-corrected chi connectivity index (χ3v) is 10.2. The molecule has 0 fully saturated rings. The van der Waals surface area contributed by atoms with E-state index in [0.29, 0.717) is 0 Å². The van der Waals surface area contributed by atoms with E-state index in [2.05, 4.69) is 160 Å². The van der Waals surface area contributed by atoms with Crippen LogP contribution in [0.1, 0.15) is 0 Å². The number of hydrogen-bond donors (Lipinski definition) is 0. The average molecular weight is 636 g/mol. The fraction of sp³-hybridized carbons (Fsp3) is 0. The van der Waals surface area contributed by atoms with Crippen molar-refractivity contribution in [2.24, 2.45) is 0 Å². The summed E-state index contributed by atoms with van der Waals surface area (Å²) in [6.45, 7) is 0.0686. The van der Waals surface area contributed by atoms with Crippen molar-refractivity contribution in [3.05, 3.63) is 182 Å². The Labute approximate surface area is 292 Å². The van der Waals surface area contributed by atoms with E-state index in [1.165, 1.54) is 66.8 Å². The van der Waals surface area contributed by atoms with E-state index in [4.69, 9.17) is 0 Å². The van der Waals surface area contributed by atoms with Crippen molar-refractivity contribution in [3.63, 3.8) is 0 Å². The Morgan fingerprint density at radius 3 is 1.26 bits per heavy atom. The van der Waals surface area contributed by atoms with Gasteiger partial charge in [0.25, 0.3) is 0 Å². The summed E-state index contributed by atoms with van der Waals surface area (Å²) < 4.78 is 0. The Bertz CT molecular complexity index is 2380. The number of hydrogen-bond acceptors (Lipinski definition) is 3. The average Bonchev–Trinajstić information content (AvgIpc) is 3.21. The van der Waals surface area contributed by atoms with Gasteiger partial charge in [-0.2, -0.15) is 0 Å². The van der Waals surface area contributed by atoms with Crippen molar-refractivity contribution >= 4 is 29.1 Å². The van der Waals surface area contributed by atoms with Gasteiger partial charge in [-0.1, -0.05) is 109 Å². The highest BCUT2D eigenvalue weighted by Gasteiger charge is 2.42. The first-order valence-electron chi connectivity index (χ1n) is 17.1. The number of anilines is 2. The van der Waals surface area contributed by atoms with Crippen LogP contribution in [-0.2, 0) is 0 Å². The summed E-state index contributed by atoms with van der Waals surface area (Å²) in [5.41, 5.74) is 19.1. The molecule has 0 aliphatic carbocycles. The lowest BCUT2D eigenvalue weighted by Gasteiger charge is -2.43. The van der Waals surface area contributed by atoms with Crippen molar-refractivity contribution in [3.8, 4) is 67.0 Å². The Balaban J connectivity index is 1.13. The van der Waals surface area contributed by atoms with Gasteiger partial charge < -0.3 is 4.81 Å². The van der Waals surface area contributed by atoms with Crippen LogP contribution in [0.5, 0.6) is 0 Å². The molecule has 50 heavy (non-hydrogen) atoms. The molecule has 2 aliphatic rings. The van der Waals surface area contributed by atoms with E-state index in [9.17, 15) is 0 Å². The second-order valence-corrected chi connectivity index (χ2v) is 13.0. The molecular weight excluding hydrogens is 605 g/mol. The first-order valence-corrected chi connectivity index (χ1v) is 17.1. The van der Waals surface area contributed by atoms with Crippen molar-refractivity contribution in [1.82, 2.24) is 9.97 Å². The fourth-order valence-corrected chi connectivity index (χ4v) is 7.88. The van der Waals surface area contributed by atoms with Gasteiger partial charge in [0.1, 0.15) is 0 Å². The van der Waals surface area contributed by atoms with Gasteiger partial charge in [0.15, 0.2) is 0 Å². The fourth-order valence-electron chi connectivity index (χ4n) is 7.88. The van der Waals surface area contributed by atoms with Gasteiger partial charge in [-0.15, -0.1) is 0 Å². The Kier molecular flexibility index (Phi) is 6.60. The van der Waals surface area contributed by atoms with Crippen molar-refractivity contribution in [2.75, 3.05) is 4.81 Å². The minimum Gasteiger partial charge on any atom is -0.376 e. The number of aromatic nitrogens is 2. The highest BCUT2D eigenvalue weighted by molar-refractivity contribution is 6.92. The van der Waals surface area contributed by atoms with Crippen LogP contribution in [0.15, 0.2) is 182 Å². The summed E-state index contributed by atoms with van der Waals surface area (Å²) in [6, 6.07) is 61.4. The van der Waals surface area contributed by atoms with Crippen LogP contribution < -0.4 is 15.7 Å². The molecule has 4 heteroatoms. The summed E-state index contributed by atoms with van der Waals surface area (Å²) in [6.07, 6.45) is 3.70. The van der Waals surface area contributed by atoms with Crippen LogP contribution in [0.3, 0.4) is 0 Å². The number of rotatable bonds is 4. The van der Waals surface area contributed by atoms with E-state index in [-0.39, 0.29) is 6.85 Å². The Morgan fingerprint density at radius 1 is 0.340 bits per heavy atom. The van der Waals surface area contributed by atoms with Crippen molar-refractivity contribution in [1.29, 1.82) is 0 Å². The van der Waals surface area contributed by atoms with Gasteiger partial charge in [-0.05, 0) is 105 Å². The van der Waals surface area contributed by atoms with Gasteiger partial charge in [0, 0.05) is 46.0 Å². The van der Waals surface area contributed by atoms with Crippen LogP contribution >= 0.6 is 0 Å². The number of nitrogens with zero attached hydrogens (tertiary/aromatic N) is 3. The van der Waals surface area contributed by atoms with E-state index < -0.39 is 0 Å². The van der Waals surface area contributed by atoms with Crippen LogP contribution in [-0.4, -0.2) is 16.8 Å². The molecule has 0 unspecified atom stereocenters. The molecule has 0 N–H and O–H groups in total. The van der Waals surface area contributed by atoms with Crippen molar-refractivity contribution in [2.45, 2.75) is 0 Å². The lowest BCUT2D eigenvalue weighted by molar-refractivity contribution is 1.32. The lowest BCUT2D eigenvalue weighted by atomic mass is 9.43. The summed E-state index contributed by atoms with van der Waals surface area (Å²) in [7, 11) is 0. The summed E-state index contributed by atoms with van der Waals surface area (Å²) in [5, 5.41) is 0. The molecule has 0 spiro atoms. The number of fused-ring (bicyclic) bond motifs is 11. The Hall–Kier alpha value is -6.52. The van der Waals surface area contributed by atoms with Gasteiger partial charge in [-0.3, -0.25) is 9.97 Å². The molecule has 2 aliphatic heterocycles. The first-order chi connectivity index (χ1) is 24.8. The minimum atomic E-state index is 0.0686. The molecule has 0 bridgehead atoms. The number of benzene rings is 6. The molecule has 3 nitrogen and oxygen atoms in total. The maximum atomic E-state index is 4.60. The lowest BCUT2D eigenvalue weighted by Crippen LogP contribution is -2.59. The zero-order chi connectivity index (χ0) is 33.0. The van der Waals surface area contributed by atoms with Gasteiger partial charge in [0.2, 0.25) is 0 Å².